The molecule has 2 aromatic rings. The van der Waals surface area contributed by atoms with E-state index in [1.54, 1.807) is 0 Å². The quantitative estimate of drug-likeness (QED) is 0.485. The van der Waals surface area contributed by atoms with E-state index in [0.29, 0.717) is 17.8 Å². The van der Waals surface area contributed by atoms with Crippen molar-refractivity contribution in [3.8, 4) is 0 Å². The number of halogens is 7. The molecule has 11 heteroatoms. The van der Waals surface area contributed by atoms with Crippen LogP contribution < -0.4 is 0 Å². The second-order valence-electron chi connectivity index (χ2n) is 6.34. The van der Waals surface area contributed by atoms with Crippen molar-refractivity contribution in [2.24, 2.45) is 0 Å². The van der Waals surface area contributed by atoms with Gasteiger partial charge in [0.05, 0.1) is 34.0 Å². The molecule has 1 amide bonds. The number of hydrazine groups is 1. The van der Waals surface area contributed by atoms with E-state index in [0.717, 1.165) is 17.1 Å². The fraction of sp³-hybridized carbons (Fsp3) is 0.333. The maximum Gasteiger partial charge on any atom is 0.417 e. The molecular weight excluding hydrogens is 424 g/mol. The Balaban J connectivity index is 2.25. The predicted molar refractivity (Wildman–Crippen MR) is 94.0 cm³/mol. The van der Waals surface area contributed by atoms with Crippen LogP contribution in [0.1, 0.15) is 32.7 Å². The number of rotatable bonds is 4. The number of pyridine rings is 1. The summed E-state index contributed by atoms with van der Waals surface area (Å²) in [6.07, 6.45) is -8.75. The Morgan fingerprint density at radius 1 is 1.07 bits per heavy atom. The number of amides is 1. The van der Waals surface area contributed by atoms with Crippen molar-refractivity contribution < 1.29 is 31.1 Å². The molecule has 4 nitrogen and oxygen atoms in total. The first-order valence-corrected chi connectivity index (χ1v) is 8.48. The van der Waals surface area contributed by atoms with E-state index in [1.807, 2.05) is 0 Å². The fourth-order valence-electron chi connectivity index (χ4n) is 2.47. The molecular formula is C18H16ClF6N3O. The van der Waals surface area contributed by atoms with Crippen molar-refractivity contribution in [1.82, 2.24) is 15.0 Å². The Labute approximate surface area is 167 Å². The van der Waals surface area contributed by atoms with E-state index in [-0.39, 0.29) is 17.3 Å². The fourth-order valence-corrected chi connectivity index (χ4v) is 2.69. The number of benzene rings is 1. The monoisotopic (exact) mass is 439 g/mol. The Kier molecular flexibility index (Phi) is 6.48. The number of aromatic nitrogens is 1. The van der Waals surface area contributed by atoms with Crippen molar-refractivity contribution in [3.05, 3.63) is 63.4 Å². The highest BCUT2D eigenvalue weighted by molar-refractivity contribution is 6.31. The molecule has 1 aromatic carbocycles. The molecule has 0 saturated carbocycles. The zero-order chi connectivity index (χ0) is 22.1. The molecule has 0 atom stereocenters. The summed E-state index contributed by atoms with van der Waals surface area (Å²) < 4.78 is 77.9. The van der Waals surface area contributed by atoms with Crippen LogP contribution in [0.15, 0.2) is 30.5 Å². The molecule has 0 saturated heterocycles. The number of aryl methyl sites for hydroxylation is 1. The largest absolute Gasteiger partial charge is 0.417 e. The van der Waals surface area contributed by atoms with Crippen LogP contribution in [0.2, 0.25) is 5.02 Å². The Bertz CT molecular complexity index is 913. The van der Waals surface area contributed by atoms with Gasteiger partial charge in [-0.05, 0) is 25.1 Å². The summed E-state index contributed by atoms with van der Waals surface area (Å²) in [5, 5.41) is 1.83. The third kappa shape index (κ3) is 5.39. The second-order valence-corrected chi connectivity index (χ2v) is 6.75. The summed E-state index contributed by atoms with van der Waals surface area (Å²) >= 11 is 5.84. The van der Waals surface area contributed by atoms with Crippen LogP contribution in [0.25, 0.3) is 0 Å². The van der Waals surface area contributed by atoms with E-state index in [1.165, 1.54) is 32.1 Å². The molecule has 0 radical (unpaired) electrons. The lowest BCUT2D eigenvalue weighted by atomic mass is 10.0. The molecule has 158 valence electrons. The summed E-state index contributed by atoms with van der Waals surface area (Å²) in [6.45, 7) is 1.27. The van der Waals surface area contributed by atoms with Gasteiger partial charge in [-0.25, -0.2) is 5.01 Å². The lowest BCUT2D eigenvalue weighted by Crippen LogP contribution is -2.41. The van der Waals surface area contributed by atoms with Gasteiger partial charge in [-0.1, -0.05) is 23.2 Å². The molecule has 0 aliphatic carbocycles. The molecule has 1 heterocycles. The summed E-state index contributed by atoms with van der Waals surface area (Å²) in [5.41, 5.74) is -2.29. The van der Waals surface area contributed by atoms with E-state index in [9.17, 15) is 31.1 Å². The molecule has 2 rings (SSSR count). The SMILES string of the molecule is Cc1ccc(C(=O)N(C)N(C)Cc2ncc(C(F)(F)F)cc2Cl)c(C(F)(F)F)c1. The topological polar surface area (TPSA) is 36.4 Å². The molecule has 0 N–H and O–H groups in total. The predicted octanol–water partition coefficient (Wildman–Crippen LogP) is 5.20. The number of hydrogen-bond donors (Lipinski definition) is 0. The molecule has 1 aromatic heterocycles. The standard InChI is InChI=1S/C18H16ClF6N3O/c1-10-4-5-12(13(6-10)18(23,24)25)16(29)28(3)27(2)9-15-14(19)7-11(8-26-15)17(20,21)22/h4-8H,9H2,1-3H3. The van der Waals surface area contributed by atoms with Gasteiger partial charge in [0.25, 0.3) is 5.91 Å². The van der Waals surface area contributed by atoms with E-state index >= 15 is 0 Å². The summed E-state index contributed by atoms with van der Waals surface area (Å²) in [6, 6.07) is 4.02. The zero-order valence-electron chi connectivity index (χ0n) is 15.5. The third-order valence-electron chi connectivity index (χ3n) is 4.14. The summed E-state index contributed by atoms with van der Waals surface area (Å²) in [4.78, 5) is 16.3. The van der Waals surface area contributed by atoms with Crippen LogP contribution in [-0.4, -0.2) is 35.0 Å². The minimum atomic E-state index is -4.73. The molecule has 0 spiro atoms. The van der Waals surface area contributed by atoms with E-state index in [4.69, 9.17) is 11.6 Å². The van der Waals surface area contributed by atoms with E-state index in [2.05, 4.69) is 4.98 Å². The molecule has 29 heavy (non-hydrogen) atoms. The summed E-state index contributed by atoms with van der Waals surface area (Å²) in [7, 11) is 2.61. The lowest BCUT2D eigenvalue weighted by Gasteiger charge is -2.29. The highest BCUT2D eigenvalue weighted by Crippen LogP contribution is 2.34. The Hall–Kier alpha value is -2.33. The number of hydrogen-bond acceptors (Lipinski definition) is 3. The van der Waals surface area contributed by atoms with Crippen molar-refractivity contribution in [2.45, 2.75) is 25.8 Å². The number of alkyl halides is 6. The van der Waals surface area contributed by atoms with Crippen LogP contribution in [0, 0.1) is 6.92 Å². The summed E-state index contributed by atoms with van der Waals surface area (Å²) in [5.74, 6) is -0.942. The van der Waals surface area contributed by atoms with Crippen molar-refractivity contribution in [1.29, 1.82) is 0 Å². The van der Waals surface area contributed by atoms with Crippen molar-refractivity contribution in [2.75, 3.05) is 14.1 Å². The van der Waals surface area contributed by atoms with Gasteiger partial charge in [-0.3, -0.25) is 14.8 Å². The highest BCUT2D eigenvalue weighted by atomic mass is 35.5. The van der Waals surface area contributed by atoms with Crippen molar-refractivity contribution in [3.63, 3.8) is 0 Å². The highest BCUT2D eigenvalue weighted by Gasteiger charge is 2.36. The van der Waals surface area contributed by atoms with Gasteiger partial charge in [0.2, 0.25) is 0 Å². The second kappa shape index (κ2) is 8.19. The van der Waals surface area contributed by atoms with Gasteiger partial charge in [0.1, 0.15) is 0 Å². The van der Waals surface area contributed by atoms with Gasteiger partial charge in [-0.15, -0.1) is 0 Å². The van der Waals surface area contributed by atoms with Crippen LogP contribution >= 0.6 is 11.6 Å². The van der Waals surface area contributed by atoms with Crippen LogP contribution in [0.4, 0.5) is 26.3 Å². The molecule has 0 bridgehead atoms. The molecule has 0 fully saturated rings. The normalized spacial score (nSPS) is 12.4. The van der Waals surface area contributed by atoms with Gasteiger partial charge in [0.15, 0.2) is 0 Å². The van der Waals surface area contributed by atoms with Gasteiger partial charge < -0.3 is 0 Å². The maximum atomic E-state index is 13.3. The number of carbonyl (C=O) groups is 1. The third-order valence-corrected chi connectivity index (χ3v) is 4.47. The van der Waals surface area contributed by atoms with Crippen LogP contribution in [0.3, 0.4) is 0 Å². The average Bonchev–Trinajstić information content (AvgIpc) is 2.60. The smallest absolute Gasteiger partial charge is 0.274 e. The average molecular weight is 440 g/mol. The Morgan fingerprint density at radius 2 is 1.69 bits per heavy atom. The number of carbonyl (C=O) groups excluding carboxylic acids is 1. The molecule has 0 aliphatic heterocycles. The maximum absolute atomic E-state index is 13.3. The number of nitrogens with zero attached hydrogens (tertiary/aromatic N) is 3. The van der Waals surface area contributed by atoms with E-state index < -0.39 is 35.0 Å². The first-order chi connectivity index (χ1) is 13.2. The minimum Gasteiger partial charge on any atom is -0.274 e. The minimum absolute atomic E-state index is 0.0294. The van der Waals surface area contributed by atoms with Gasteiger partial charge in [-0.2, -0.15) is 26.3 Å². The first-order valence-electron chi connectivity index (χ1n) is 8.10. The zero-order valence-corrected chi connectivity index (χ0v) is 16.2. The van der Waals surface area contributed by atoms with Crippen LogP contribution in [-0.2, 0) is 18.9 Å². The van der Waals surface area contributed by atoms with Crippen molar-refractivity contribution >= 4 is 17.5 Å². The lowest BCUT2D eigenvalue weighted by molar-refractivity contribution is -0.138. The molecule has 0 aliphatic rings. The van der Waals surface area contributed by atoms with Gasteiger partial charge in [0, 0.05) is 20.3 Å². The Morgan fingerprint density at radius 3 is 2.21 bits per heavy atom. The first kappa shape index (κ1) is 23.0. The van der Waals surface area contributed by atoms with Crippen LogP contribution in [0.5, 0.6) is 0 Å². The molecule has 0 unspecified atom stereocenters. The van der Waals surface area contributed by atoms with Gasteiger partial charge >= 0.3 is 12.4 Å².